The Hall–Kier alpha value is -3.65. The third-order valence-corrected chi connectivity index (χ3v) is 4.56. The summed E-state index contributed by atoms with van der Waals surface area (Å²) in [5.74, 6) is -0.593. The first-order valence-electron chi connectivity index (χ1n) is 8.44. The van der Waals surface area contributed by atoms with Gasteiger partial charge in [0, 0.05) is 24.4 Å². The number of hydrogen-bond donors (Lipinski definition) is 1. The number of nitrogens with zero attached hydrogens (tertiary/aromatic N) is 2. The number of benzene rings is 2. The van der Waals surface area contributed by atoms with E-state index in [9.17, 15) is 19.7 Å². The van der Waals surface area contributed by atoms with Crippen LogP contribution >= 0.6 is 11.6 Å². The van der Waals surface area contributed by atoms with Crippen LogP contribution in [0.25, 0.3) is 5.57 Å². The predicted molar refractivity (Wildman–Crippen MR) is 109 cm³/mol. The van der Waals surface area contributed by atoms with Crippen LogP contribution in [0.4, 0.5) is 11.4 Å². The number of carbonyl (C=O) groups is 2. The molecule has 0 aromatic heterocycles. The molecule has 8 nitrogen and oxygen atoms in total. The van der Waals surface area contributed by atoms with E-state index in [0.717, 1.165) is 4.90 Å². The summed E-state index contributed by atoms with van der Waals surface area (Å²) in [6.07, 6.45) is 1.44. The quantitative estimate of drug-likeness (QED) is 0.322. The van der Waals surface area contributed by atoms with Crippen LogP contribution in [0.5, 0.6) is 5.75 Å². The Bertz CT molecular complexity index is 1050. The fourth-order valence-corrected chi connectivity index (χ4v) is 3.15. The van der Waals surface area contributed by atoms with Gasteiger partial charge in [-0.25, -0.2) is 0 Å². The lowest BCUT2D eigenvalue weighted by molar-refractivity contribution is -0.384. The molecule has 0 aliphatic carbocycles. The minimum absolute atomic E-state index is 0.0305. The topological polar surface area (TPSA) is 102 Å². The van der Waals surface area contributed by atoms with Crippen LogP contribution in [-0.2, 0) is 9.59 Å². The van der Waals surface area contributed by atoms with Crippen LogP contribution in [0.1, 0.15) is 5.56 Å². The number of anilines is 1. The Morgan fingerprint density at radius 2 is 1.90 bits per heavy atom. The number of rotatable bonds is 7. The predicted octanol–water partition coefficient (Wildman–Crippen LogP) is 3.63. The molecule has 0 spiro atoms. The maximum absolute atomic E-state index is 12.9. The maximum Gasteiger partial charge on any atom is 0.278 e. The van der Waals surface area contributed by atoms with Gasteiger partial charge < -0.3 is 10.1 Å². The number of methoxy groups -OCH3 is 1. The molecular formula is C20H16ClN3O5. The summed E-state index contributed by atoms with van der Waals surface area (Å²) < 4.78 is 5.11. The lowest BCUT2D eigenvalue weighted by atomic mass is 10.0. The second-order valence-corrected chi connectivity index (χ2v) is 6.45. The van der Waals surface area contributed by atoms with Crippen molar-refractivity contribution in [2.24, 2.45) is 0 Å². The molecule has 0 saturated heterocycles. The number of nitrogens with one attached hydrogen (secondary N) is 1. The van der Waals surface area contributed by atoms with Crippen LogP contribution in [0.3, 0.4) is 0 Å². The first kappa shape index (κ1) is 20.1. The van der Waals surface area contributed by atoms with Gasteiger partial charge in [0.25, 0.3) is 17.5 Å². The Labute approximate surface area is 171 Å². The monoisotopic (exact) mass is 413 g/mol. The first-order chi connectivity index (χ1) is 13.9. The minimum Gasteiger partial charge on any atom is -0.495 e. The average molecular weight is 414 g/mol. The van der Waals surface area contributed by atoms with E-state index in [2.05, 4.69) is 11.9 Å². The van der Waals surface area contributed by atoms with Crippen molar-refractivity contribution in [2.45, 2.75) is 0 Å². The van der Waals surface area contributed by atoms with E-state index in [1.165, 1.54) is 37.5 Å². The normalized spacial score (nSPS) is 13.7. The molecular weight excluding hydrogens is 398 g/mol. The SMILES string of the molecule is C=CCN1C(=O)C(Nc2ccc(OC)c(Cl)c2)=C(c2ccc([N+](=O)[O-])cc2)C1=O. The Morgan fingerprint density at radius 3 is 2.45 bits per heavy atom. The molecule has 1 aliphatic heterocycles. The molecule has 0 bridgehead atoms. The fourth-order valence-electron chi connectivity index (χ4n) is 2.89. The molecule has 1 N–H and O–H groups in total. The smallest absolute Gasteiger partial charge is 0.278 e. The molecule has 9 heteroatoms. The molecule has 0 unspecified atom stereocenters. The Kier molecular flexibility index (Phi) is 5.65. The molecule has 1 aliphatic rings. The van der Waals surface area contributed by atoms with Crippen molar-refractivity contribution in [2.75, 3.05) is 19.0 Å². The van der Waals surface area contributed by atoms with E-state index in [1.807, 2.05) is 0 Å². The lowest BCUT2D eigenvalue weighted by Gasteiger charge is -2.13. The molecule has 0 radical (unpaired) electrons. The van der Waals surface area contributed by atoms with Crippen LogP contribution in [0, 0.1) is 10.1 Å². The van der Waals surface area contributed by atoms with Crippen molar-refractivity contribution >= 4 is 40.4 Å². The number of carbonyl (C=O) groups excluding carboxylic acids is 2. The van der Waals surface area contributed by atoms with Crippen molar-refractivity contribution in [3.8, 4) is 5.75 Å². The number of amides is 2. The van der Waals surface area contributed by atoms with Gasteiger partial charge in [-0.1, -0.05) is 17.7 Å². The Balaban J connectivity index is 2.06. The molecule has 1 heterocycles. The van der Waals surface area contributed by atoms with Crippen LogP contribution in [-0.4, -0.2) is 35.3 Å². The van der Waals surface area contributed by atoms with E-state index < -0.39 is 16.7 Å². The summed E-state index contributed by atoms with van der Waals surface area (Å²) in [4.78, 5) is 37.1. The van der Waals surface area contributed by atoms with Crippen molar-refractivity contribution < 1.29 is 19.2 Å². The molecule has 29 heavy (non-hydrogen) atoms. The second kappa shape index (κ2) is 8.15. The first-order valence-corrected chi connectivity index (χ1v) is 8.82. The molecule has 148 valence electrons. The zero-order valence-corrected chi connectivity index (χ0v) is 16.1. The summed E-state index contributed by atoms with van der Waals surface area (Å²) in [6.45, 7) is 3.60. The number of ether oxygens (including phenoxy) is 1. The number of nitro benzene ring substituents is 1. The van der Waals surface area contributed by atoms with Gasteiger partial charge in [-0.15, -0.1) is 6.58 Å². The third-order valence-electron chi connectivity index (χ3n) is 4.27. The standard InChI is InChI=1S/C20H16ClN3O5/c1-3-10-23-19(25)17(12-4-7-14(8-5-12)24(27)28)18(20(23)26)22-13-6-9-16(29-2)15(21)11-13/h3-9,11,22H,1,10H2,2H3. The van der Waals surface area contributed by atoms with Crippen LogP contribution in [0.2, 0.25) is 5.02 Å². The third kappa shape index (κ3) is 3.83. The molecule has 0 saturated carbocycles. The van der Waals surface area contributed by atoms with Gasteiger partial charge in [0.2, 0.25) is 0 Å². The second-order valence-electron chi connectivity index (χ2n) is 6.04. The Morgan fingerprint density at radius 1 is 1.21 bits per heavy atom. The molecule has 2 amide bonds. The highest BCUT2D eigenvalue weighted by Gasteiger charge is 2.38. The average Bonchev–Trinajstić information content (AvgIpc) is 2.93. The highest BCUT2D eigenvalue weighted by Crippen LogP contribution is 2.33. The molecule has 3 rings (SSSR count). The number of hydrogen-bond acceptors (Lipinski definition) is 6. The molecule has 2 aromatic rings. The minimum atomic E-state index is -0.539. The summed E-state index contributed by atoms with van der Waals surface area (Å²) in [5, 5.41) is 14.2. The number of nitro groups is 1. The van der Waals surface area contributed by atoms with Gasteiger partial charge in [0.05, 0.1) is 22.6 Å². The zero-order valence-electron chi connectivity index (χ0n) is 15.3. The molecule has 0 atom stereocenters. The fraction of sp³-hybridized carbons (Fsp3) is 0.100. The number of imide groups is 1. The van der Waals surface area contributed by atoms with E-state index in [1.54, 1.807) is 18.2 Å². The van der Waals surface area contributed by atoms with Gasteiger partial charge in [-0.2, -0.15) is 0 Å². The van der Waals surface area contributed by atoms with Crippen molar-refractivity contribution in [1.29, 1.82) is 0 Å². The molecule has 2 aromatic carbocycles. The van der Waals surface area contributed by atoms with Gasteiger partial charge in [0.15, 0.2) is 0 Å². The van der Waals surface area contributed by atoms with Gasteiger partial charge >= 0.3 is 0 Å². The van der Waals surface area contributed by atoms with Crippen molar-refractivity contribution in [3.63, 3.8) is 0 Å². The number of non-ortho nitro benzene ring substituents is 1. The van der Waals surface area contributed by atoms with Gasteiger partial charge in [-0.05, 0) is 35.9 Å². The zero-order chi connectivity index (χ0) is 21.1. The van der Waals surface area contributed by atoms with E-state index >= 15 is 0 Å². The van der Waals surface area contributed by atoms with Crippen LogP contribution < -0.4 is 10.1 Å². The highest BCUT2D eigenvalue weighted by molar-refractivity contribution is 6.36. The number of halogens is 1. The van der Waals surface area contributed by atoms with Gasteiger partial charge in [0.1, 0.15) is 11.4 Å². The molecule has 0 fully saturated rings. The largest absolute Gasteiger partial charge is 0.495 e. The lowest BCUT2D eigenvalue weighted by Crippen LogP contribution is -2.32. The summed E-state index contributed by atoms with van der Waals surface area (Å²) >= 11 is 6.14. The van der Waals surface area contributed by atoms with E-state index in [0.29, 0.717) is 22.0 Å². The van der Waals surface area contributed by atoms with E-state index in [-0.39, 0.29) is 23.5 Å². The van der Waals surface area contributed by atoms with Crippen LogP contribution in [0.15, 0.2) is 60.8 Å². The van der Waals surface area contributed by atoms with Crippen molar-refractivity contribution in [3.05, 3.63) is 81.5 Å². The summed E-state index contributed by atoms with van der Waals surface area (Å²) in [7, 11) is 1.48. The highest BCUT2D eigenvalue weighted by atomic mass is 35.5. The maximum atomic E-state index is 12.9. The van der Waals surface area contributed by atoms with Gasteiger partial charge in [-0.3, -0.25) is 24.6 Å². The van der Waals surface area contributed by atoms with Crippen molar-refractivity contribution in [1.82, 2.24) is 4.90 Å². The van der Waals surface area contributed by atoms with E-state index in [4.69, 9.17) is 16.3 Å². The summed E-state index contributed by atoms with van der Waals surface area (Å²) in [6, 6.07) is 10.3. The summed E-state index contributed by atoms with van der Waals surface area (Å²) in [5.41, 5.74) is 0.894.